The predicted octanol–water partition coefficient (Wildman–Crippen LogP) is 2.22. The number of aromatic nitrogens is 4. The van der Waals surface area contributed by atoms with Gasteiger partial charge in [-0.1, -0.05) is 24.3 Å². The van der Waals surface area contributed by atoms with Gasteiger partial charge in [0.15, 0.2) is 11.2 Å². The highest BCUT2D eigenvalue weighted by molar-refractivity contribution is 7.97. The Balaban J connectivity index is 1.17. The monoisotopic (exact) mass is 520 g/mol. The van der Waals surface area contributed by atoms with Crippen LogP contribution in [0.15, 0.2) is 69.3 Å². The van der Waals surface area contributed by atoms with Gasteiger partial charge in [-0.2, -0.15) is 0 Å². The maximum atomic E-state index is 12.6. The van der Waals surface area contributed by atoms with Crippen molar-refractivity contribution in [1.82, 2.24) is 28.7 Å². The summed E-state index contributed by atoms with van der Waals surface area (Å²) in [5.41, 5.74) is 2.59. The second-order valence-electron chi connectivity index (χ2n) is 8.72. The van der Waals surface area contributed by atoms with E-state index in [0.29, 0.717) is 62.7 Å². The highest BCUT2D eigenvalue weighted by Gasteiger charge is 2.18. The molecule has 0 saturated carbocycles. The zero-order chi connectivity index (χ0) is 25.8. The van der Waals surface area contributed by atoms with E-state index in [9.17, 15) is 14.4 Å². The number of aryl methyl sites for hydroxylation is 1. The number of imidazole rings is 1. The summed E-state index contributed by atoms with van der Waals surface area (Å²) in [6, 6.07) is 15.5. The van der Waals surface area contributed by atoms with Crippen LogP contribution in [0, 0.1) is 0 Å². The first-order valence-corrected chi connectivity index (χ1v) is 13.0. The van der Waals surface area contributed by atoms with Crippen LogP contribution in [0.1, 0.15) is 28.4 Å². The summed E-state index contributed by atoms with van der Waals surface area (Å²) in [7, 11) is 0. The first-order valence-electron chi connectivity index (χ1n) is 12.2. The van der Waals surface area contributed by atoms with Gasteiger partial charge in [0.1, 0.15) is 0 Å². The molecule has 5 rings (SSSR count). The van der Waals surface area contributed by atoms with Crippen molar-refractivity contribution in [2.24, 2.45) is 0 Å². The van der Waals surface area contributed by atoms with Crippen LogP contribution in [0.3, 0.4) is 0 Å². The van der Waals surface area contributed by atoms with Crippen LogP contribution < -0.4 is 16.0 Å². The third-order valence-corrected chi connectivity index (χ3v) is 7.12. The van der Waals surface area contributed by atoms with Gasteiger partial charge in [-0.25, -0.2) is 9.78 Å². The summed E-state index contributed by atoms with van der Waals surface area (Å²) in [4.78, 5) is 46.8. The number of fused-ring (bicyclic) bond motifs is 1. The zero-order valence-corrected chi connectivity index (χ0v) is 21.3. The molecular formula is C26H28N6O4S. The van der Waals surface area contributed by atoms with Crippen LogP contribution in [0.4, 0.5) is 0 Å². The zero-order valence-electron chi connectivity index (χ0n) is 20.5. The van der Waals surface area contributed by atoms with Crippen molar-refractivity contribution in [3.63, 3.8) is 0 Å². The van der Waals surface area contributed by atoms with Gasteiger partial charge in [-0.05, 0) is 54.3 Å². The Morgan fingerprint density at radius 1 is 1.05 bits per heavy atom. The molecular weight excluding hydrogens is 492 g/mol. The maximum Gasteiger partial charge on any atom is 0.330 e. The smallest absolute Gasteiger partial charge is 0.330 e. The predicted molar refractivity (Wildman–Crippen MR) is 142 cm³/mol. The van der Waals surface area contributed by atoms with Gasteiger partial charge in [0.05, 0.1) is 26.1 Å². The molecule has 37 heavy (non-hydrogen) atoms. The number of rotatable bonds is 8. The number of ether oxygens (including phenoxy) is 1. The summed E-state index contributed by atoms with van der Waals surface area (Å²) < 4.78 is 11.9. The van der Waals surface area contributed by atoms with Crippen molar-refractivity contribution in [1.29, 1.82) is 0 Å². The number of benzene rings is 2. The van der Waals surface area contributed by atoms with Gasteiger partial charge >= 0.3 is 5.69 Å². The molecule has 1 aliphatic heterocycles. The van der Waals surface area contributed by atoms with Crippen molar-refractivity contribution in [2.45, 2.75) is 31.5 Å². The average molecular weight is 521 g/mol. The fourth-order valence-corrected chi connectivity index (χ4v) is 4.95. The van der Waals surface area contributed by atoms with Crippen LogP contribution in [-0.2, 0) is 24.4 Å². The molecule has 0 bridgehead atoms. The van der Waals surface area contributed by atoms with E-state index in [4.69, 9.17) is 4.74 Å². The molecule has 3 heterocycles. The van der Waals surface area contributed by atoms with Crippen molar-refractivity contribution < 1.29 is 9.53 Å². The van der Waals surface area contributed by atoms with E-state index >= 15 is 0 Å². The van der Waals surface area contributed by atoms with E-state index in [0.717, 1.165) is 16.0 Å². The molecule has 192 valence electrons. The summed E-state index contributed by atoms with van der Waals surface area (Å²) in [6.07, 6.45) is 1.58. The number of aromatic amines is 1. The van der Waals surface area contributed by atoms with Gasteiger partial charge in [0.25, 0.3) is 11.5 Å². The van der Waals surface area contributed by atoms with Crippen LogP contribution >= 0.6 is 11.9 Å². The molecule has 1 amide bonds. The van der Waals surface area contributed by atoms with E-state index in [1.165, 1.54) is 16.5 Å². The Bertz CT molecular complexity index is 1500. The summed E-state index contributed by atoms with van der Waals surface area (Å²) in [5.74, 6) is 0.0384. The fraction of sp³-hybridized carbons (Fsp3) is 0.308. The molecule has 4 aromatic rings. The number of H-pyrrole nitrogens is 1. The van der Waals surface area contributed by atoms with Gasteiger partial charge in [-0.15, -0.1) is 0 Å². The Morgan fingerprint density at radius 2 is 1.76 bits per heavy atom. The van der Waals surface area contributed by atoms with Crippen molar-refractivity contribution >= 4 is 29.0 Å². The van der Waals surface area contributed by atoms with Gasteiger partial charge in [0.2, 0.25) is 0 Å². The highest BCUT2D eigenvalue weighted by atomic mass is 32.2. The molecule has 0 radical (unpaired) electrons. The molecule has 10 nitrogen and oxygen atoms in total. The van der Waals surface area contributed by atoms with Crippen molar-refractivity contribution in [3.8, 4) is 0 Å². The molecule has 0 unspecified atom stereocenters. The quantitative estimate of drug-likeness (QED) is 0.343. The molecule has 0 aliphatic carbocycles. The minimum atomic E-state index is -0.473. The van der Waals surface area contributed by atoms with Crippen molar-refractivity contribution in [3.05, 3.63) is 92.4 Å². The van der Waals surface area contributed by atoms with E-state index < -0.39 is 11.2 Å². The normalized spacial score (nSPS) is 13.8. The lowest BCUT2D eigenvalue weighted by molar-refractivity contribution is 0.0303. The molecule has 2 aromatic heterocycles. The standard InChI is InChI=1S/C26H28N6O4S/c1-2-30-17-27-23-22(30)24(33)29-26(35)32(23)16-19-5-3-18(4-6-19)15-28-37-21-9-7-20(8-10-21)25(34)31-11-13-36-14-12-31/h3-10,17,28H,2,11-16H2,1H3,(H,29,33,35). The molecule has 2 N–H and O–H groups in total. The topological polar surface area (TPSA) is 114 Å². The molecule has 0 spiro atoms. The first kappa shape index (κ1) is 25.0. The summed E-state index contributed by atoms with van der Waals surface area (Å²) in [6.45, 7) is 5.90. The Morgan fingerprint density at radius 3 is 2.46 bits per heavy atom. The minimum absolute atomic E-state index is 0.0384. The molecule has 1 aliphatic rings. The average Bonchev–Trinajstić information content (AvgIpc) is 3.37. The van der Waals surface area contributed by atoms with Gasteiger partial charge in [-0.3, -0.25) is 23.9 Å². The Hall–Kier alpha value is -3.67. The lowest BCUT2D eigenvalue weighted by atomic mass is 10.1. The van der Waals surface area contributed by atoms with Crippen molar-refractivity contribution in [2.75, 3.05) is 26.3 Å². The largest absolute Gasteiger partial charge is 0.378 e. The highest BCUT2D eigenvalue weighted by Crippen LogP contribution is 2.18. The Kier molecular flexibility index (Phi) is 7.54. The summed E-state index contributed by atoms with van der Waals surface area (Å²) in [5, 5.41) is 0. The SMILES string of the molecule is CCn1cnc2c1c(=O)[nH]c(=O)n2Cc1ccc(CNSc2ccc(C(=O)N3CCOCC3)cc2)cc1. The fourth-order valence-electron chi connectivity index (χ4n) is 4.27. The Labute approximate surface area is 217 Å². The number of hydrogen-bond acceptors (Lipinski definition) is 7. The molecule has 1 saturated heterocycles. The second-order valence-corrected chi connectivity index (χ2v) is 9.68. The maximum absolute atomic E-state index is 12.6. The summed E-state index contributed by atoms with van der Waals surface area (Å²) >= 11 is 1.50. The second kappa shape index (κ2) is 11.2. The number of nitrogens with zero attached hydrogens (tertiary/aromatic N) is 4. The lowest BCUT2D eigenvalue weighted by Crippen LogP contribution is -2.40. The number of morpholine rings is 1. The molecule has 11 heteroatoms. The van der Waals surface area contributed by atoms with Crippen LogP contribution in [-0.4, -0.2) is 56.2 Å². The number of nitrogens with one attached hydrogen (secondary N) is 2. The molecule has 2 aromatic carbocycles. The first-order chi connectivity index (χ1) is 18.0. The lowest BCUT2D eigenvalue weighted by Gasteiger charge is -2.26. The molecule has 0 atom stereocenters. The third-order valence-electron chi connectivity index (χ3n) is 6.33. The van der Waals surface area contributed by atoms with E-state index in [1.807, 2.05) is 60.4 Å². The van der Waals surface area contributed by atoms with Crippen LogP contribution in [0.25, 0.3) is 11.2 Å². The number of carbonyl (C=O) groups is 1. The molecule has 1 fully saturated rings. The number of hydrogen-bond donors (Lipinski definition) is 2. The minimum Gasteiger partial charge on any atom is -0.378 e. The number of carbonyl (C=O) groups excluding carboxylic acids is 1. The number of amides is 1. The third kappa shape index (κ3) is 5.53. The van der Waals surface area contributed by atoms with Crippen LogP contribution in [0.5, 0.6) is 0 Å². The van der Waals surface area contributed by atoms with Gasteiger partial charge < -0.3 is 14.2 Å². The van der Waals surface area contributed by atoms with Crippen LogP contribution in [0.2, 0.25) is 0 Å². The van der Waals surface area contributed by atoms with E-state index in [1.54, 1.807) is 10.9 Å². The van der Waals surface area contributed by atoms with Gasteiger partial charge in [0, 0.05) is 36.6 Å². The van der Waals surface area contributed by atoms with E-state index in [-0.39, 0.29) is 5.91 Å². The van der Waals surface area contributed by atoms with E-state index in [2.05, 4.69) is 14.7 Å².